The van der Waals surface area contributed by atoms with Gasteiger partial charge in [0, 0.05) is 13.1 Å². The second-order valence-electron chi connectivity index (χ2n) is 5.53. The van der Waals surface area contributed by atoms with Crippen molar-refractivity contribution in [3.8, 4) is 0 Å². The highest BCUT2D eigenvalue weighted by Gasteiger charge is 2.19. The van der Waals surface area contributed by atoms with Crippen molar-refractivity contribution in [3.63, 3.8) is 0 Å². The maximum Gasteiger partial charge on any atom is 0.338 e. The molecule has 0 spiro atoms. The molecule has 2 rings (SSSR count). The zero-order valence-electron chi connectivity index (χ0n) is 14.5. The van der Waals surface area contributed by atoms with Crippen LogP contribution in [0.25, 0.3) is 11.0 Å². The largest absolute Gasteiger partial charge is 0.449 e. The zero-order valence-corrected chi connectivity index (χ0v) is 14.5. The topological polar surface area (TPSA) is 90.3 Å². The van der Waals surface area contributed by atoms with E-state index in [1.54, 1.807) is 29.7 Å². The van der Waals surface area contributed by atoms with Crippen molar-refractivity contribution in [3.05, 3.63) is 52.5 Å². The summed E-state index contributed by atoms with van der Waals surface area (Å²) in [6.45, 7) is 9.30. The normalized spacial score (nSPS) is 11.8. The van der Waals surface area contributed by atoms with Gasteiger partial charge < -0.3 is 14.6 Å². The number of hydrogen-bond donors (Lipinski definition) is 1. The lowest BCUT2D eigenvalue weighted by atomic mass is 10.2. The van der Waals surface area contributed by atoms with Crippen molar-refractivity contribution in [2.24, 2.45) is 0 Å². The first-order chi connectivity index (χ1) is 11.9. The molecule has 0 aliphatic heterocycles. The van der Waals surface area contributed by atoms with Gasteiger partial charge in [-0.1, -0.05) is 6.08 Å². The first-order valence-corrected chi connectivity index (χ1v) is 7.99. The lowest BCUT2D eigenvalue weighted by Crippen LogP contribution is -2.35. The molecule has 0 fully saturated rings. The summed E-state index contributed by atoms with van der Waals surface area (Å²) >= 11 is 0. The molecule has 1 N–H and O–H groups in total. The third-order valence-electron chi connectivity index (χ3n) is 3.73. The Morgan fingerprint density at radius 2 is 2.16 bits per heavy atom. The molecule has 0 aliphatic rings. The van der Waals surface area contributed by atoms with Gasteiger partial charge in [0.25, 0.3) is 11.5 Å². The lowest BCUT2D eigenvalue weighted by Gasteiger charge is -2.13. The number of amides is 1. The molecule has 1 aromatic carbocycles. The van der Waals surface area contributed by atoms with Gasteiger partial charge in [0.15, 0.2) is 6.10 Å². The summed E-state index contributed by atoms with van der Waals surface area (Å²) in [6.07, 6.45) is 0.610. The Kier molecular flexibility index (Phi) is 5.69. The summed E-state index contributed by atoms with van der Waals surface area (Å²) < 4.78 is 6.77. The van der Waals surface area contributed by atoms with Gasteiger partial charge in [-0.05, 0) is 39.0 Å². The molecule has 0 unspecified atom stereocenters. The van der Waals surface area contributed by atoms with Crippen LogP contribution in [0.5, 0.6) is 0 Å². The molecule has 25 heavy (non-hydrogen) atoms. The molecule has 0 aliphatic carbocycles. The van der Waals surface area contributed by atoms with Gasteiger partial charge in [-0.25, -0.2) is 9.78 Å². The molecule has 1 aromatic heterocycles. The van der Waals surface area contributed by atoms with E-state index in [0.29, 0.717) is 29.8 Å². The van der Waals surface area contributed by atoms with E-state index in [0.717, 1.165) is 0 Å². The fourth-order valence-electron chi connectivity index (χ4n) is 2.41. The van der Waals surface area contributed by atoms with Crippen molar-refractivity contribution in [2.75, 3.05) is 6.54 Å². The average Bonchev–Trinajstić information content (AvgIpc) is 2.60. The van der Waals surface area contributed by atoms with Crippen LogP contribution in [0, 0.1) is 6.92 Å². The van der Waals surface area contributed by atoms with E-state index in [9.17, 15) is 14.4 Å². The monoisotopic (exact) mass is 343 g/mol. The minimum atomic E-state index is -0.928. The van der Waals surface area contributed by atoms with E-state index in [2.05, 4.69) is 16.9 Å². The van der Waals surface area contributed by atoms with Crippen molar-refractivity contribution in [1.29, 1.82) is 0 Å². The molecule has 7 nitrogen and oxygen atoms in total. The van der Waals surface area contributed by atoms with Gasteiger partial charge in [0.2, 0.25) is 0 Å². The van der Waals surface area contributed by atoms with E-state index in [4.69, 9.17) is 4.74 Å². The van der Waals surface area contributed by atoms with Crippen molar-refractivity contribution in [1.82, 2.24) is 14.9 Å². The second-order valence-corrected chi connectivity index (χ2v) is 5.53. The molecule has 2 aromatic rings. The SMILES string of the molecule is C=CCNC(=O)[C@@H](C)OC(=O)c1ccc2c(c1)nc(C)c(=O)n2CC. The Morgan fingerprint density at radius 1 is 1.44 bits per heavy atom. The third-order valence-corrected chi connectivity index (χ3v) is 3.73. The van der Waals surface area contributed by atoms with E-state index in [-0.39, 0.29) is 11.1 Å². The van der Waals surface area contributed by atoms with Crippen LogP contribution < -0.4 is 10.9 Å². The van der Waals surface area contributed by atoms with Gasteiger partial charge in [-0.2, -0.15) is 0 Å². The minimum absolute atomic E-state index is 0.155. The molecular weight excluding hydrogens is 322 g/mol. The van der Waals surface area contributed by atoms with Crippen LogP contribution in [0.2, 0.25) is 0 Å². The number of aryl methyl sites for hydroxylation is 2. The first kappa shape index (κ1) is 18.4. The van der Waals surface area contributed by atoms with Crippen LogP contribution in [0.3, 0.4) is 0 Å². The third kappa shape index (κ3) is 3.93. The lowest BCUT2D eigenvalue weighted by molar-refractivity contribution is -0.128. The van der Waals surface area contributed by atoms with Crippen LogP contribution in [-0.4, -0.2) is 34.1 Å². The molecule has 1 amide bonds. The summed E-state index contributed by atoms with van der Waals surface area (Å²) in [5.74, 6) is -1.03. The Morgan fingerprint density at radius 3 is 2.80 bits per heavy atom. The standard InChI is InChI=1S/C18H21N3O4/c1-5-9-19-16(22)12(4)25-18(24)13-7-8-15-14(10-13)20-11(3)17(23)21(15)6-2/h5,7-8,10,12H,1,6,9H2,2-4H3,(H,19,22)/t12-/m1/s1. The Labute approximate surface area is 145 Å². The molecule has 1 heterocycles. The molecule has 0 radical (unpaired) electrons. The average molecular weight is 343 g/mol. The molecule has 132 valence electrons. The number of esters is 1. The molecule has 0 bridgehead atoms. The van der Waals surface area contributed by atoms with Crippen molar-refractivity contribution in [2.45, 2.75) is 33.4 Å². The van der Waals surface area contributed by atoms with Crippen LogP contribution in [-0.2, 0) is 16.1 Å². The predicted octanol–water partition coefficient (Wildman–Crippen LogP) is 1.57. The van der Waals surface area contributed by atoms with Gasteiger partial charge in [0.1, 0.15) is 5.69 Å². The highest BCUT2D eigenvalue weighted by atomic mass is 16.5. The van der Waals surface area contributed by atoms with Crippen LogP contribution in [0.15, 0.2) is 35.6 Å². The van der Waals surface area contributed by atoms with Crippen molar-refractivity contribution >= 4 is 22.9 Å². The molecule has 0 saturated heterocycles. The summed E-state index contributed by atoms with van der Waals surface area (Å²) in [7, 11) is 0. The zero-order chi connectivity index (χ0) is 18.6. The molecule has 1 atom stereocenters. The van der Waals surface area contributed by atoms with Crippen LogP contribution in [0.4, 0.5) is 0 Å². The van der Waals surface area contributed by atoms with E-state index >= 15 is 0 Å². The Bertz CT molecular complexity index is 886. The number of carbonyl (C=O) groups is 2. The number of rotatable bonds is 6. The van der Waals surface area contributed by atoms with Crippen LogP contribution >= 0.6 is 0 Å². The minimum Gasteiger partial charge on any atom is -0.449 e. The summed E-state index contributed by atoms with van der Waals surface area (Å²) in [5.41, 5.74) is 1.64. The summed E-state index contributed by atoms with van der Waals surface area (Å²) in [6, 6.07) is 4.78. The predicted molar refractivity (Wildman–Crippen MR) is 94.5 cm³/mol. The summed E-state index contributed by atoms with van der Waals surface area (Å²) in [5, 5.41) is 2.56. The Balaban J connectivity index is 2.28. The van der Waals surface area contributed by atoms with Gasteiger partial charge in [-0.3, -0.25) is 9.59 Å². The number of carbonyl (C=O) groups excluding carboxylic acids is 2. The number of nitrogens with one attached hydrogen (secondary N) is 1. The molecule has 0 saturated carbocycles. The second kappa shape index (κ2) is 7.74. The number of hydrogen-bond acceptors (Lipinski definition) is 5. The number of benzene rings is 1. The van der Waals surface area contributed by atoms with E-state index < -0.39 is 18.0 Å². The fourth-order valence-corrected chi connectivity index (χ4v) is 2.41. The quantitative estimate of drug-likeness (QED) is 0.635. The Hall–Kier alpha value is -2.96. The number of aromatic nitrogens is 2. The number of ether oxygens (including phenoxy) is 1. The van der Waals surface area contributed by atoms with E-state index in [1.165, 1.54) is 13.0 Å². The smallest absolute Gasteiger partial charge is 0.338 e. The van der Waals surface area contributed by atoms with Gasteiger partial charge in [0.05, 0.1) is 16.6 Å². The summed E-state index contributed by atoms with van der Waals surface area (Å²) in [4.78, 5) is 40.4. The highest BCUT2D eigenvalue weighted by Crippen LogP contribution is 2.15. The van der Waals surface area contributed by atoms with Gasteiger partial charge in [-0.15, -0.1) is 6.58 Å². The highest BCUT2D eigenvalue weighted by molar-refractivity contribution is 5.95. The molecule has 7 heteroatoms. The fraction of sp³-hybridized carbons (Fsp3) is 0.333. The first-order valence-electron chi connectivity index (χ1n) is 7.99. The number of fused-ring (bicyclic) bond motifs is 1. The maximum absolute atomic E-state index is 12.3. The van der Waals surface area contributed by atoms with Crippen molar-refractivity contribution < 1.29 is 14.3 Å². The molecular formula is C18H21N3O4. The van der Waals surface area contributed by atoms with E-state index in [1.807, 2.05) is 6.92 Å². The maximum atomic E-state index is 12.3. The van der Waals surface area contributed by atoms with Gasteiger partial charge >= 0.3 is 5.97 Å². The van der Waals surface area contributed by atoms with Crippen LogP contribution in [0.1, 0.15) is 29.9 Å². The number of nitrogens with zero attached hydrogens (tertiary/aromatic N) is 2.